The standard InChI is InChI=1S/C15H31N3.ClH/c1-5-18-9-6-14(10-13(18)2)17(4)12-15(3)7-8-16-11-15;/h13-14,16H,5-12H2,1-4H3;1H. The molecule has 2 rings (SSSR count). The van der Waals surface area contributed by atoms with Crippen molar-refractivity contribution in [1.29, 1.82) is 0 Å². The Kier molecular flexibility index (Phi) is 6.58. The molecule has 4 heteroatoms. The van der Waals surface area contributed by atoms with Gasteiger partial charge in [0.05, 0.1) is 0 Å². The fraction of sp³-hybridized carbons (Fsp3) is 1.00. The van der Waals surface area contributed by atoms with Crippen molar-refractivity contribution in [2.45, 2.75) is 52.1 Å². The molecule has 0 spiro atoms. The first-order chi connectivity index (χ1) is 8.54. The zero-order chi connectivity index (χ0) is 13.2. The Morgan fingerprint density at radius 2 is 2.16 bits per heavy atom. The molecule has 114 valence electrons. The van der Waals surface area contributed by atoms with Crippen LogP contribution in [0.3, 0.4) is 0 Å². The summed E-state index contributed by atoms with van der Waals surface area (Å²) in [6.07, 6.45) is 4.02. The molecule has 3 atom stereocenters. The maximum absolute atomic E-state index is 3.51. The van der Waals surface area contributed by atoms with Crippen molar-refractivity contribution in [1.82, 2.24) is 15.1 Å². The summed E-state index contributed by atoms with van der Waals surface area (Å²) in [6.45, 7) is 13.3. The second-order valence-corrected chi connectivity index (χ2v) is 6.81. The molecule has 3 unspecified atom stereocenters. The van der Waals surface area contributed by atoms with Crippen LogP contribution in [-0.2, 0) is 0 Å². The molecule has 0 aromatic carbocycles. The number of rotatable bonds is 4. The van der Waals surface area contributed by atoms with E-state index in [9.17, 15) is 0 Å². The van der Waals surface area contributed by atoms with Crippen molar-refractivity contribution in [3.8, 4) is 0 Å². The molecule has 2 heterocycles. The van der Waals surface area contributed by atoms with Gasteiger partial charge in [0, 0.05) is 25.2 Å². The monoisotopic (exact) mass is 289 g/mol. The highest BCUT2D eigenvalue weighted by Crippen LogP contribution is 2.28. The van der Waals surface area contributed by atoms with Crippen LogP contribution in [0.1, 0.15) is 40.0 Å². The first kappa shape index (κ1) is 17.2. The lowest BCUT2D eigenvalue weighted by atomic mass is 9.87. The molecule has 2 aliphatic heterocycles. The van der Waals surface area contributed by atoms with E-state index in [1.165, 1.54) is 52.0 Å². The molecule has 0 amide bonds. The average molecular weight is 290 g/mol. The summed E-state index contributed by atoms with van der Waals surface area (Å²) in [5, 5.41) is 3.51. The number of hydrogen-bond donors (Lipinski definition) is 1. The highest BCUT2D eigenvalue weighted by atomic mass is 35.5. The fourth-order valence-electron chi connectivity index (χ4n) is 3.80. The molecule has 0 aromatic rings. The van der Waals surface area contributed by atoms with E-state index in [0.717, 1.165) is 12.1 Å². The Bertz CT molecular complexity index is 266. The van der Waals surface area contributed by atoms with E-state index in [2.05, 4.69) is 42.9 Å². The molecule has 2 aliphatic rings. The number of halogens is 1. The number of hydrogen-bond acceptors (Lipinski definition) is 3. The maximum atomic E-state index is 3.51. The number of likely N-dealkylation sites (tertiary alicyclic amines) is 1. The smallest absolute Gasteiger partial charge is 0.0119 e. The summed E-state index contributed by atoms with van der Waals surface area (Å²) in [4.78, 5) is 5.25. The Morgan fingerprint density at radius 1 is 1.42 bits per heavy atom. The molecule has 0 bridgehead atoms. The van der Waals surface area contributed by atoms with Gasteiger partial charge in [0.25, 0.3) is 0 Å². The molecule has 0 aromatic heterocycles. The van der Waals surface area contributed by atoms with Gasteiger partial charge in [-0.2, -0.15) is 0 Å². The lowest BCUT2D eigenvalue weighted by molar-refractivity contribution is 0.0692. The van der Waals surface area contributed by atoms with Gasteiger partial charge in [0.15, 0.2) is 0 Å². The van der Waals surface area contributed by atoms with Crippen LogP contribution in [-0.4, -0.2) is 61.7 Å². The van der Waals surface area contributed by atoms with E-state index in [1.807, 2.05) is 0 Å². The van der Waals surface area contributed by atoms with Crippen LogP contribution in [0.4, 0.5) is 0 Å². The van der Waals surface area contributed by atoms with Crippen molar-refractivity contribution in [2.24, 2.45) is 5.41 Å². The van der Waals surface area contributed by atoms with Crippen molar-refractivity contribution in [3.05, 3.63) is 0 Å². The van der Waals surface area contributed by atoms with Gasteiger partial charge in [-0.15, -0.1) is 12.4 Å². The van der Waals surface area contributed by atoms with E-state index < -0.39 is 0 Å². The lowest BCUT2D eigenvalue weighted by Gasteiger charge is -2.42. The van der Waals surface area contributed by atoms with Crippen LogP contribution in [0, 0.1) is 5.41 Å². The maximum Gasteiger partial charge on any atom is 0.0119 e. The summed E-state index contributed by atoms with van der Waals surface area (Å²) in [5.41, 5.74) is 0.500. The highest BCUT2D eigenvalue weighted by Gasteiger charge is 2.33. The van der Waals surface area contributed by atoms with E-state index in [1.54, 1.807) is 0 Å². The number of nitrogens with zero attached hydrogens (tertiary/aromatic N) is 2. The number of piperidine rings is 1. The van der Waals surface area contributed by atoms with E-state index >= 15 is 0 Å². The zero-order valence-electron chi connectivity index (χ0n) is 13.1. The Hall–Kier alpha value is 0.170. The highest BCUT2D eigenvalue weighted by molar-refractivity contribution is 5.85. The van der Waals surface area contributed by atoms with Crippen LogP contribution in [0.5, 0.6) is 0 Å². The van der Waals surface area contributed by atoms with Gasteiger partial charge >= 0.3 is 0 Å². The van der Waals surface area contributed by atoms with Crippen molar-refractivity contribution in [2.75, 3.05) is 39.8 Å². The van der Waals surface area contributed by atoms with E-state index in [4.69, 9.17) is 0 Å². The predicted molar refractivity (Wildman–Crippen MR) is 85.2 cm³/mol. The summed E-state index contributed by atoms with van der Waals surface area (Å²) in [5.74, 6) is 0. The van der Waals surface area contributed by atoms with E-state index in [0.29, 0.717) is 5.41 Å². The van der Waals surface area contributed by atoms with Gasteiger partial charge in [-0.05, 0) is 58.3 Å². The van der Waals surface area contributed by atoms with Crippen molar-refractivity contribution in [3.63, 3.8) is 0 Å². The first-order valence-corrected chi connectivity index (χ1v) is 7.69. The zero-order valence-corrected chi connectivity index (χ0v) is 13.9. The minimum Gasteiger partial charge on any atom is -0.316 e. The Balaban J connectivity index is 0.00000180. The van der Waals surface area contributed by atoms with Crippen LogP contribution in [0.2, 0.25) is 0 Å². The van der Waals surface area contributed by atoms with Gasteiger partial charge in [0.2, 0.25) is 0 Å². The summed E-state index contributed by atoms with van der Waals surface area (Å²) in [6, 6.07) is 1.55. The average Bonchev–Trinajstić information content (AvgIpc) is 2.75. The van der Waals surface area contributed by atoms with Gasteiger partial charge in [-0.3, -0.25) is 0 Å². The van der Waals surface area contributed by atoms with Gasteiger partial charge in [-0.25, -0.2) is 0 Å². The third kappa shape index (κ3) is 4.32. The molecule has 3 nitrogen and oxygen atoms in total. The van der Waals surface area contributed by atoms with Gasteiger partial charge in [-0.1, -0.05) is 13.8 Å². The van der Waals surface area contributed by atoms with Crippen LogP contribution in [0.25, 0.3) is 0 Å². The summed E-state index contributed by atoms with van der Waals surface area (Å²) >= 11 is 0. The van der Waals surface area contributed by atoms with Crippen LogP contribution < -0.4 is 5.32 Å². The number of nitrogens with one attached hydrogen (secondary N) is 1. The summed E-state index contributed by atoms with van der Waals surface area (Å²) in [7, 11) is 2.34. The molecule has 1 N–H and O–H groups in total. The Morgan fingerprint density at radius 3 is 2.68 bits per heavy atom. The van der Waals surface area contributed by atoms with Gasteiger partial charge in [0.1, 0.15) is 0 Å². The molecule has 19 heavy (non-hydrogen) atoms. The van der Waals surface area contributed by atoms with E-state index in [-0.39, 0.29) is 12.4 Å². The second kappa shape index (κ2) is 7.26. The topological polar surface area (TPSA) is 18.5 Å². The Labute approximate surface area is 125 Å². The molecule has 2 saturated heterocycles. The second-order valence-electron chi connectivity index (χ2n) is 6.81. The quantitative estimate of drug-likeness (QED) is 0.856. The normalized spacial score (nSPS) is 36.5. The minimum absolute atomic E-state index is 0. The third-order valence-corrected chi connectivity index (χ3v) is 5.10. The molecule has 2 fully saturated rings. The first-order valence-electron chi connectivity index (χ1n) is 7.69. The third-order valence-electron chi connectivity index (χ3n) is 5.10. The fourth-order valence-corrected chi connectivity index (χ4v) is 3.80. The SMILES string of the molecule is CCN1CCC(N(C)CC2(C)CCNC2)CC1C.Cl. The largest absolute Gasteiger partial charge is 0.316 e. The van der Waals surface area contributed by atoms with Gasteiger partial charge < -0.3 is 15.1 Å². The molecule has 0 aliphatic carbocycles. The van der Waals surface area contributed by atoms with Crippen LogP contribution in [0.15, 0.2) is 0 Å². The van der Waals surface area contributed by atoms with Crippen LogP contribution >= 0.6 is 12.4 Å². The lowest BCUT2D eigenvalue weighted by Crippen LogP contribution is -2.50. The molecule has 0 saturated carbocycles. The van der Waals surface area contributed by atoms with Crippen molar-refractivity contribution < 1.29 is 0 Å². The minimum atomic E-state index is 0. The molecular weight excluding hydrogens is 258 g/mol. The van der Waals surface area contributed by atoms with Crippen molar-refractivity contribution >= 4 is 12.4 Å². The molecular formula is C15H32ClN3. The molecule has 0 radical (unpaired) electrons. The predicted octanol–water partition coefficient (Wildman–Crippen LogP) is 2.21. The summed E-state index contributed by atoms with van der Waals surface area (Å²) < 4.78 is 0.